The Morgan fingerprint density at radius 1 is 0.758 bits per heavy atom. The summed E-state index contributed by atoms with van der Waals surface area (Å²) in [5.41, 5.74) is 0. The van der Waals surface area contributed by atoms with Gasteiger partial charge >= 0.3 is 23.9 Å². The number of carbonyl (C=O) groups is 4. The molecule has 1 fully saturated rings. The number of aliphatic hydroxyl groups is 1. The van der Waals surface area contributed by atoms with Crippen molar-refractivity contribution < 1.29 is 48.0 Å². The first-order chi connectivity index (χ1) is 15.1. The molecule has 1 saturated heterocycles. The van der Waals surface area contributed by atoms with Gasteiger partial charge in [0.25, 0.3) is 4.70 Å². The number of esters is 4. The zero-order chi connectivity index (χ0) is 25.7. The van der Waals surface area contributed by atoms with Crippen molar-refractivity contribution in [3.8, 4) is 0 Å². The number of ether oxygens (including phenoxy) is 5. The first-order valence-electron chi connectivity index (χ1n) is 11.0. The smallest absolute Gasteiger partial charge is 0.309 e. The monoisotopic (exact) mass is 538 g/mol. The maximum Gasteiger partial charge on any atom is 0.309 e. The van der Waals surface area contributed by atoms with E-state index in [0.717, 1.165) is 0 Å². The molecule has 0 aromatic carbocycles. The Hall–Kier alpha value is -1.72. The minimum absolute atomic E-state index is 0.415. The van der Waals surface area contributed by atoms with E-state index in [2.05, 4.69) is 15.9 Å². The molecular weight excluding hydrogens is 504 g/mol. The van der Waals surface area contributed by atoms with Crippen LogP contribution < -0.4 is 0 Å². The Bertz CT molecular complexity index is 716. The minimum atomic E-state index is -2.32. The number of alkyl halides is 1. The summed E-state index contributed by atoms with van der Waals surface area (Å²) in [5.74, 6) is -4.72. The summed E-state index contributed by atoms with van der Waals surface area (Å²) in [6.45, 7) is 12.4. The molecule has 1 N–H and O–H groups in total. The molecule has 190 valence electrons. The van der Waals surface area contributed by atoms with Gasteiger partial charge in [-0.25, -0.2) is 0 Å². The summed E-state index contributed by atoms with van der Waals surface area (Å²) in [4.78, 5) is 49.3. The molecule has 1 rings (SSSR count). The first kappa shape index (κ1) is 29.3. The van der Waals surface area contributed by atoms with Crippen LogP contribution in [0.4, 0.5) is 0 Å². The Labute approximate surface area is 202 Å². The Morgan fingerprint density at radius 2 is 1.15 bits per heavy atom. The number of rotatable bonds is 9. The van der Waals surface area contributed by atoms with Crippen LogP contribution in [0.5, 0.6) is 0 Å². The van der Waals surface area contributed by atoms with Crippen molar-refractivity contribution in [1.82, 2.24) is 0 Å². The topological polar surface area (TPSA) is 135 Å². The van der Waals surface area contributed by atoms with Gasteiger partial charge in [-0.2, -0.15) is 0 Å². The van der Waals surface area contributed by atoms with Gasteiger partial charge in [0, 0.05) is 0 Å². The van der Waals surface area contributed by atoms with Gasteiger partial charge in [0.1, 0.15) is 12.7 Å². The van der Waals surface area contributed by atoms with Crippen LogP contribution in [0.1, 0.15) is 55.4 Å². The van der Waals surface area contributed by atoms with Crippen LogP contribution in [0.25, 0.3) is 0 Å². The van der Waals surface area contributed by atoms with Crippen molar-refractivity contribution in [3.63, 3.8) is 0 Å². The largest absolute Gasteiger partial charge is 0.463 e. The summed E-state index contributed by atoms with van der Waals surface area (Å²) in [5, 5.41) is 10.9. The molecule has 1 aliphatic heterocycles. The normalized spacial score (nSPS) is 27.6. The van der Waals surface area contributed by atoms with Gasteiger partial charge in [0.2, 0.25) is 6.10 Å². The van der Waals surface area contributed by atoms with E-state index in [1.807, 2.05) is 0 Å². The fourth-order valence-corrected chi connectivity index (χ4v) is 3.20. The maximum atomic E-state index is 12.5. The number of carbonyl (C=O) groups excluding carboxylic acids is 4. The van der Waals surface area contributed by atoms with E-state index >= 15 is 0 Å². The molecule has 1 aliphatic rings. The molecule has 0 spiro atoms. The van der Waals surface area contributed by atoms with Gasteiger partial charge in [-0.3, -0.25) is 19.2 Å². The van der Waals surface area contributed by atoms with E-state index in [4.69, 9.17) is 23.7 Å². The molecule has 0 aromatic rings. The van der Waals surface area contributed by atoms with Gasteiger partial charge < -0.3 is 28.8 Å². The van der Waals surface area contributed by atoms with Crippen LogP contribution in [0.15, 0.2) is 0 Å². The number of hydrogen-bond donors (Lipinski definition) is 1. The molecule has 5 atom stereocenters. The summed E-state index contributed by atoms with van der Waals surface area (Å²) in [7, 11) is 0. The van der Waals surface area contributed by atoms with Crippen molar-refractivity contribution in [1.29, 1.82) is 0 Å². The van der Waals surface area contributed by atoms with E-state index in [-0.39, 0.29) is 0 Å². The van der Waals surface area contributed by atoms with Gasteiger partial charge in [0.15, 0.2) is 12.2 Å². The lowest BCUT2D eigenvalue weighted by Crippen LogP contribution is -2.66. The van der Waals surface area contributed by atoms with Crippen LogP contribution in [-0.4, -0.2) is 64.7 Å². The van der Waals surface area contributed by atoms with Crippen LogP contribution in [0.3, 0.4) is 0 Å². The molecule has 10 nitrogen and oxygen atoms in total. The van der Waals surface area contributed by atoms with Gasteiger partial charge in [-0.15, -0.1) is 0 Å². The van der Waals surface area contributed by atoms with E-state index in [1.165, 1.54) is 0 Å². The third-order valence-corrected chi connectivity index (χ3v) is 5.32. The van der Waals surface area contributed by atoms with Gasteiger partial charge in [0.05, 0.1) is 23.7 Å². The second kappa shape index (κ2) is 12.1. The van der Waals surface area contributed by atoms with Crippen molar-refractivity contribution in [2.24, 2.45) is 23.7 Å². The second-order valence-corrected chi connectivity index (χ2v) is 10.3. The Balaban J connectivity index is 3.44. The predicted octanol–water partition coefficient (Wildman–Crippen LogP) is 2.33. The third kappa shape index (κ3) is 8.22. The van der Waals surface area contributed by atoms with E-state index < -0.39 is 83.3 Å². The number of hydrogen-bond acceptors (Lipinski definition) is 10. The zero-order valence-corrected chi connectivity index (χ0v) is 21.9. The minimum Gasteiger partial charge on any atom is -0.463 e. The van der Waals surface area contributed by atoms with Crippen LogP contribution in [-0.2, 0) is 42.9 Å². The quantitative estimate of drug-likeness (QED) is 0.264. The van der Waals surface area contributed by atoms with Crippen molar-refractivity contribution in [3.05, 3.63) is 0 Å². The molecule has 0 bridgehead atoms. The Morgan fingerprint density at radius 3 is 1.58 bits per heavy atom. The molecule has 0 aliphatic carbocycles. The fraction of sp³-hybridized carbons (Fsp3) is 0.818. The van der Waals surface area contributed by atoms with Crippen LogP contribution >= 0.6 is 15.9 Å². The highest BCUT2D eigenvalue weighted by atomic mass is 79.9. The molecule has 33 heavy (non-hydrogen) atoms. The average molecular weight is 539 g/mol. The lowest BCUT2D eigenvalue weighted by atomic mass is 9.97. The molecule has 0 aromatic heterocycles. The third-order valence-electron chi connectivity index (χ3n) is 4.68. The molecule has 0 saturated carbocycles. The van der Waals surface area contributed by atoms with Gasteiger partial charge in [-0.1, -0.05) is 55.4 Å². The standard InChI is InChI=1S/C22H35BrO10/c1-10(2)18(24)29-9-14-15(30-19(25)11(3)4)16(31-20(26)12(5)6)17(22(23,28)33-14)32-21(27)13(7)8/h10-17,28H,9H2,1-8H3/t14-,15-,16+,17+,22-/m1/s1. The lowest BCUT2D eigenvalue weighted by Gasteiger charge is -2.46. The zero-order valence-electron chi connectivity index (χ0n) is 20.3. The fourth-order valence-electron chi connectivity index (χ4n) is 2.61. The maximum absolute atomic E-state index is 12.5. The predicted molar refractivity (Wildman–Crippen MR) is 119 cm³/mol. The summed E-state index contributed by atoms with van der Waals surface area (Å²) < 4.78 is 25.0. The molecule has 0 unspecified atom stereocenters. The highest BCUT2D eigenvalue weighted by Crippen LogP contribution is 2.39. The SMILES string of the molecule is CC(C)C(=O)OC[C@H]1O[C@@](O)(Br)[C@@H](OC(=O)C(C)C)[C@@H](OC(=O)C(C)C)[C@@H]1OC(=O)C(C)C. The molecule has 1 heterocycles. The van der Waals surface area contributed by atoms with Crippen LogP contribution in [0.2, 0.25) is 0 Å². The summed E-state index contributed by atoms with van der Waals surface area (Å²) in [6.07, 6.45) is -5.62. The Kier molecular flexibility index (Phi) is 10.8. The van der Waals surface area contributed by atoms with E-state index in [1.54, 1.807) is 55.4 Å². The van der Waals surface area contributed by atoms with Gasteiger partial charge in [-0.05, 0) is 15.9 Å². The highest BCUT2D eigenvalue weighted by molar-refractivity contribution is 9.10. The van der Waals surface area contributed by atoms with Crippen molar-refractivity contribution in [2.45, 2.75) is 84.5 Å². The van der Waals surface area contributed by atoms with Crippen molar-refractivity contribution in [2.75, 3.05) is 6.61 Å². The lowest BCUT2D eigenvalue weighted by molar-refractivity contribution is -0.311. The molecule has 11 heteroatoms. The highest BCUT2D eigenvalue weighted by Gasteiger charge is 2.59. The molecule has 0 radical (unpaired) electrons. The van der Waals surface area contributed by atoms with E-state index in [0.29, 0.717) is 0 Å². The second-order valence-electron chi connectivity index (χ2n) is 9.17. The van der Waals surface area contributed by atoms with E-state index in [9.17, 15) is 24.3 Å². The summed E-state index contributed by atoms with van der Waals surface area (Å²) in [6, 6.07) is 0. The average Bonchev–Trinajstić information content (AvgIpc) is 2.69. The number of halogens is 1. The summed E-state index contributed by atoms with van der Waals surface area (Å²) >= 11 is 2.99. The molecular formula is C22H35BrO10. The molecule has 0 amide bonds. The first-order valence-corrected chi connectivity index (χ1v) is 11.7. The van der Waals surface area contributed by atoms with Crippen LogP contribution in [0, 0.1) is 23.7 Å². The van der Waals surface area contributed by atoms with Crippen molar-refractivity contribution >= 4 is 39.8 Å².